The Morgan fingerprint density at radius 1 is 0.722 bits per heavy atom. The minimum absolute atomic E-state index is 0.434. The maximum absolute atomic E-state index is 5.24. The highest BCUT2D eigenvalue weighted by Crippen LogP contribution is 2.10. The Morgan fingerprint density at radius 2 is 1.28 bits per heavy atom. The lowest BCUT2D eigenvalue weighted by atomic mass is 10.1. The molecule has 0 aliphatic heterocycles. The Hall–Kier alpha value is 0.0969. The van der Waals surface area contributed by atoms with Crippen molar-refractivity contribution in [3.63, 3.8) is 0 Å². The van der Waals surface area contributed by atoms with Crippen LogP contribution in [0.5, 0.6) is 0 Å². The van der Waals surface area contributed by atoms with E-state index in [1.807, 2.05) is 0 Å². The van der Waals surface area contributed by atoms with Crippen LogP contribution in [0.2, 0.25) is 6.04 Å². The zero-order chi connectivity index (χ0) is 13.3. The van der Waals surface area contributed by atoms with E-state index in [1.165, 1.54) is 63.8 Å². The van der Waals surface area contributed by atoms with E-state index in [-0.39, 0.29) is 0 Å². The van der Waals surface area contributed by atoms with Crippen LogP contribution in [-0.4, -0.2) is 37.4 Å². The molecule has 4 heteroatoms. The van der Waals surface area contributed by atoms with E-state index in [0.717, 1.165) is 6.61 Å². The van der Waals surface area contributed by atoms with Crippen molar-refractivity contribution in [2.24, 2.45) is 0 Å². The van der Waals surface area contributed by atoms with Crippen LogP contribution in [0, 0.1) is 0 Å². The van der Waals surface area contributed by atoms with Crippen LogP contribution in [-0.2, 0) is 13.9 Å². The first-order chi connectivity index (χ1) is 8.91. The zero-order valence-electron chi connectivity index (χ0n) is 12.2. The first-order valence-electron chi connectivity index (χ1n) is 7.24. The maximum Gasteiger partial charge on any atom is 0.229 e. The molecule has 0 saturated heterocycles. The van der Waals surface area contributed by atoms with Gasteiger partial charge < -0.3 is 13.9 Å². The van der Waals surface area contributed by atoms with Crippen LogP contribution in [0.3, 0.4) is 0 Å². The molecule has 0 N–H and O–H groups in total. The lowest BCUT2D eigenvalue weighted by Crippen LogP contribution is -1.98. The van der Waals surface area contributed by atoms with Gasteiger partial charge in [0.2, 0.25) is 9.76 Å². The second kappa shape index (κ2) is 17.1. The minimum atomic E-state index is 0.434. The number of unbranched alkanes of at least 4 members (excludes halogenated alkanes) is 8. The summed E-state index contributed by atoms with van der Waals surface area (Å²) in [6.07, 6.45) is 12.1. The predicted octanol–water partition coefficient (Wildman–Crippen LogP) is 3.80. The number of methoxy groups -OCH3 is 1. The first kappa shape index (κ1) is 18.1. The average Bonchev–Trinajstić information content (AvgIpc) is 2.39. The van der Waals surface area contributed by atoms with Crippen LogP contribution < -0.4 is 0 Å². The van der Waals surface area contributed by atoms with Crippen molar-refractivity contribution in [1.82, 2.24) is 0 Å². The molecule has 0 heterocycles. The smallest absolute Gasteiger partial charge is 0.229 e. The first-order valence-corrected chi connectivity index (χ1v) is 8.36. The third-order valence-electron chi connectivity index (χ3n) is 2.91. The molecule has 0 fully saturated rings. The van der Waals surface area contributed by atoms with Crippen LogP contribution in [0.1, 0.15) is 57.8 Å². The fourth-order valence-corrected chi connectivity index (χ4v) is 2.48. The highest BCUT2D eigenvalue weighted by molar-refractivity contribution is 6.26. The quantitative estimate of drug-likeness (QED) is 0.258. The molecule has 0 atom stereocenters. The van der Waals surface area contributed by atoms with Gasteiger partial charge in [-0.1, -0.05) is 51.4 Å². The van der Waals surface area contributed by atoms with Gasteiger partial charge in [0, 0.05) is 20.8 Å². The molecule has 0 aromatic rings. The van der Waals surface area contributed by atoms with Gasteiger partial charge in [-0.15, -0.1) is 0 Å². The van der Waals surface area contributed by atoms with Gasteiger partial charge in [-0.05, 0) is 12.5 Å². The third-order valence-corrected chi connectivity index (χ3v) is 3.76. The summed E-state index contributed by atoms with van der Waals surface area (Å²) in [6.45, 7) is 1.28. The van der Waals surface area contributed by atoms with Gasteiger partial charge in [-0.2, -0.15) is 0 Å². The second-order valence-electron chi connectivity index (χ2n) is 4.60. The Labute approximate surface area is 116 Å². The van der Waals surface area contributed by atoms with E-state index in [9.17, 15) is 0 Å². The van der Waals surface area contributed by atoms with Gasteiger partial charge in [-0.3, -0.25) is 0 Å². The number of hydrogen-bond donors (Lipinski definition) is 0. The van der Waals surface area contributed by atoms with E-state index < -0.39 is 0 Å². The number of rotatable bonds is 15. The summed E-state index contributed by atoms with van der Waals surface area (Å²) in [5.41, 5.74) is 0. The van der Waals surface area contributed by atoms with E-state index in [2.05, 4.69) is 0 Å². The molecule has 0 amide bonds. The van der Waals surface area contributed by atoms with Gasteiger partial charge in [0.15, 0.2) is 0 Å². The number of ether oxygens (including phenoxy) is 2. The van der Waals surface area contributed by atoms with Crippen molar-refractivity contribution < 1.29 is 13.9 Å². The molecule has 108 valence electrons. The summed E-state index contributed by atoms with van der Waals surface area (Å²) in [4.78, 5) is 0. The van der Waals surface area contributed by atoms with Crippen molar-refractivity contribution in [3.05, 3.63) is 0 Å². The van der Waals surface area contributed by atoms with Gasteiger partial charge >= 0.3 is 0 Å². The van der Waals surface area contributed by atoms with E-state index in [1.54, 1.807) is 14.2 Å². The van der Waals surface area contributed by atoms with Gasteiger partial charge in [-0.25, -0.2) is 0 Å². The van der Waals surface area contributed by atoms with E-state index >= 15 is 0 Å². The monoisotopic (exact) mass is 274 g/mol. The molecule has 0 saturated carbocycles. The number of hydrogen-bond acceptors (Lipinski definition) is 3. The summed E-state index contributed by atoms with van der Waals surface area (Å²) in [7, 11) is 4.16. The molecule has 0 unspecified atom stereocenters. The average molecular weight is 274 g/mol. The summed E-state index contributed by atoms with van der Waals surface area (Å²) < 4.78 is 15.1. The zero-order valence-corrected chi connectivity index (χ0v) is 13.2. The summed E-state index contributed by atoms with van der Waals surface area (Å²) in [5.74, 6) is 0. The Kier molecular flexibility index (Phi) is 17.2. The van der Waals surface area contributed by atoms with Crippen LogP contribution in [0.15, 0.2) is 0 Å². The Morgan fingerprint density at radius 3 is 1.83 bits per heavy atom. The summed E-state index contributed by atoms with van der Waals surface area (Å²) >= 11 is 0. The van der Waals surface area contributed by atoms with Crippen LogP contribution >= 0.6 is 0 Å². The van der Waals surface area contributed by atoms with Gasteiger partial charge in [0.25, 0.3) is 0 Å². The fourth-order valence-electron chi connectivity index (χ4n) is 1.88. The molecule has 2 radical (unpaired) electrons. The topological polar surface area (TPSA) is 27.7 Å². The van der Waals surface area contributed by atoms with Crippen LogP contribution in [0.25, 0.3) is 0 Å². The van der Waals surface area contributed by atoms with Crippen molar-refractivity contribution >= 4 is 9.76 Å². The van der Waals surface area contributed by atoms with Gasteiger partial charge in [0.05, 0.1) is 0 Å². The SMILES string of the molecule is COCOCCCCCCCCCCC[Si]OC. The maximum atomic E-state index is 5.24. The van der Waals surface area contributed by atoms with Crippen molar-refractivity contribution in [1.29, 1.82) is 0 Å². The summed E-state index contributed by atoms with van der Waals surface area (Å²) in [5, 5.41) is 0. The van der Waals surface area contributed by atoms with Gasteiger partial charge in [0.1, 0.15) is 6.79 Å². The van der Waals surface area contributed by atoms with Crippen LogP contribution in [0.4, 0.5) is 0 Å². The fraction of sp³-hybridized carbons (Fsp3) is 1.00. The molecule has 0 bridgehead atoms. The standard InChI is InChI=1S/C14H30O3Si/c1-15-14-17-12-10-8-6-4-3-5-7-9-11-13-18-16-2/h3-14H2,1-2H3. The van der Waals surface area contributed by atoms with Crippen molar-refractivity contribution in [3.8, 4) is 0 Å². The predicted molar refractivity (Wildman–Crippen MR) is 77.0 cm³/mol. The molecule has 0 aliphatic carbocycles. The highest BCUT2D eigenvalue weighted by Gasteiger charge is 1.94. The molecular weight excluding hydrogens is 244 g/mol. The molecule has 3 nitrogen and oxygen atoms in total. The molecule has 0 rings (SSSR count). The Balaban J connectivity index is 2.86. The molecule has 0 aliphatic rings. The molecule has 0 spiro atoms. The third kappa shape index (κ3) is 16.1. The second-order valence-corrected chi connectivity index (χ2v) is 5.79. The lowest BCUT2D eigenvalue weighted by molar-refractivity contribution is -0.0315. The van der Waals surface area contributed by atoms with E-state index in [0.29, 0.717) is 16.6 Å². The lowest BCUT2D eigenvalue weighted by Gasteiger charge is -2.03. The van der Waals surface area contributed by atoms with Crippen molar-refractivity contribution in [2.75, 3.05) is 27.6 Å². The molecule has 0 aromatic carbocycles. The minimum Gasteiger partial charge on any atom is -0.421 e. The summed E-state index contributed by atoms with van der Waals surface area (Å²) in [6, 6.07) is 1.25. The highest BCUT2D eigenvalue weighted by atomic mass is 28.2. The largest absolute Gasteiger partial charge is 0.421 e. The van der Waals surface area contributed by atoms with E-state index in [4.69, 9.17) is 13.9 Å². The normalized spacial score (nSPS) is 11.0. The van der Waals surface area contributed by atoms with Crippen molar-refractivity contribution in [2.45, 2.75) is 63.8 Å². The molecule has 0 aromatic heterocycles. The molecule has 18 heavy (non-hydrogen) atoms. The molecular formula is C14H30O3Si. The Bertz CT molecular complexity index is 129.